The third-order valence-corrected chi connectivity index (χ3v) is 4.98. The highest BCUT2D eigenvalue weighted by molar-refractivity contribution is 5.89. The topological polar surface area (TPSA) is 70.7 Å². The van der Waals surface area contributed by atoms with Gasteiger partial charge in [0.05, 0.1) is 12.7 Å². The normalized spacial score (nSPS) is 13.9. The molecule has 0 aromatic heterocycles. The van der Waals surface area contributed by atoms with E-state index in [0.717, 1.165) is 30.8 Å². The first kappa shape index (κ1) is 19.9. The number of nitrogens with one attached hydrogen (secondary N) is 2. The van der Waals surface area contributed by atoms with E-state index in [4.69, 9.17) is 0 Å². The van der Waals surface area contributed by atoms with Gasteiger partial charge in [-0.1, -0.05) is 36.4 Å². The molecule has 28 heavy (non-hydrogen) atoms. The molecule has 1 fully saturated rings. The van der Waals surface area contributed by atoms with Gasteiger partial charge in [-0.15, -0.1) is 0 Å². The Morgan fingerprint density at radius 3 is 2.25 bits per heavy atom. The zero-order chi connectivity index (χ0) is 19.8. The van der Waals surface area contributed by atoms with Crippen LogP contribution >= 0.6 is 0 Å². The van der Waals surface area contributed by atoms with Crippen LogP contribution in [0.5, 0.6) is 0 Å². The molecule has 2 aromatic rings. The minimum absolute atomic E-state index is 0.215. The Labute approximate surface area is 165 Å². The number of benzene rings is 2. The summed E-state index contributed by atoms with van der Waals surface area (Å²) in [5.41, 5.74) is 3.82. The van der Waals surface area contributed by atoms with Gasteiger partial charge in [0.1, 0.15) is 0 Å². The number of rotatable bonds is 7. The Hall–Kier alpha value is -2.86. The molecule has 2 N–H and O–H groups in total. The second-order valence-corrected chi connectivity index (χ2v) is 6.98. The molecule has 0 spiro atoms. The van der Waals surface area contributed by atoms with Crippen LogP contribution in [-0.2, 0) is 24.4 Å². The number of carbonyl (C=O) groups excluding carboxylic acids is 2. The summed E-state index contributed by atoms with van der Waals surface area (Å²) in [6.07, 6.45) is 2.53. The number of carbonyl (C=O) groups is 2. The Morgan fingerprint density at radius 2 is 1.57 bits per heavy atom. The lowest BCUT2D eigenvalue weighted by Gasteiger charge is -2.18. The van der Waals surface area contributed by atoms with E-state index in [1.165, 1.54) is 25.5 Å². The summed E-state index contributed by atoms with van der Waals surface area (Å²) in [6.45, 7) is 4.12. The molecule has 1 heterocycles. The fourth-order valence-electron chi connectivity index (χ4n) is 3.36. The van der Waals surface area contributed by atoms with Gasteiger partial charge < -0.3 is 15.4 Å². The highest BCUT2D eigenvalue weighted by Gasteiger charge is 2.13. The standard InChI is InChI=1S/C22H27N3O3/c1-28-21(26)18-10-8-17(9-11-18)14-23-22(27)24-15-19-6-2-3-7-20(19)16-25-12-4-5-13-25/h2-3,6-11H,4-5,12-16H2,1H3,(H2,23,24,27). The van der Waals surface area contributed by atoms with E-state index in [9.17, 15) is 9.59 Å². The van der Waals surface area contributed by atoms with Gasteiger partial charge in [-0.2, -0.15) is 0 Å². The molecule has 0 radical (unpaired) electrons. The lowest BCUT2D eigenvalue weighted by molar-refractivity contribution is 0.0600. The van der Waals surface area contributed by atoms with Gasteiger partial charge in [-0.05, 0) is 54.8 Å². The van der Waals surface area contributed by atoms with Crippen molar-refractivity contribution in [2.24, 2.45) is 0 Å². The summed E-state index contributed by atoms with van der Waals surface area (Å²) in [4.78, 5) is 26.1. The van der Waals surface area contributed by atoms with Crippen LogP contribution in [0.25, 0.3) is 0 Å². The minimum atomic E-state index is -0.371. The maximum absolute atomic E-state index is 12.2. The molecule has 1 aliphatic rings. The lowest BCUT2D eigenvalue weighted by atomic mass is 10.1. The van der Waals surface area contributed by atoms with E-state index >= 15 is 0 Å². The second-order valence-electron chi connectivity index (χ2n) is 6.98. The van der Waals surface area contributed by atoms with E-state index in [1.54, 1.807) is 24.3 Å². The van der Waals surface area contributed by atoms with Crippen molar-refractivity contribution in [2.75, 3.05) is 20.2 Å². The smallest absolute Gasteiger partial charge is 0.337 e. The summed E-state index contributed by atoms with van der Waals surface area (Å²) in [7, 11) is 1.35. The fourth-order valence-corrected chi connectivity index (χ4v) is 3.36. The maximum atomic E-state index is 12.2. The van der Waals surface area contributed by atoms with Gasteiger partial charge in [-0.25, -0.2) is 9.59 Å². The molecule has 0 aliphatic carbocycles. The number of methoxy groups -OCH3 is 1. The average Bonchev–Trinajstić information content (AvgIpc) is 3.24. The van der Waals surface area contributed by atoms with E-state index < -0.39 is 0 Å². The quantitative estimate of drug-likeness (QED) is 0.723. The van der Waals surface area contributed by atoms with E-state index in [0.29, 0.717) is 18.7 Å². The molecule has 6 heteroatoms. The van der Waals surface area contributed by atoms with Crippen LogP contribution in [0.4, 0.5) is 4.79 Å². The first-order valence-corrected chi connectivity index (χ1v) is 9.64. The number of nitrogens with zero attached hydrogens (tertiary/aromatic N) is 1. The van der Waals surface area contributed by atoms with Crippen LogP contribution in [0, 0.1) is 0 Å². The molecular formula is C22H27N3O3. The van der Waals surface area contributed by atoms with Gasteiger partial charge >= 0.3 is 12.0 Å². The van der Waals surface area contributed by atoms with Crippen LogP contribution in [0.15, 0.2) is 48.5 Å². The number of esters is 1. The SMILES string of the molecule is COC(=O)c1ccc(CNC(=O)NCc2ccccc2CN2CCCC2)cc1. The predicted octanol–water partition coefficient (Wildman–Crippen LogP) is 3.07. The van der Waals surface area contributed by atoms with Crippen LogP contribution in [0.3, 0.4) is 0 Å². The monoisotopic (exact) mass is 381 g/mol. The zero-order valence-corrected chi connectivity index (χ0v) is 16.2. The largest absolute Gasteiger partial charge is 0.465 e. The van der Waals surface area contributed by atoms with Crippen LogP contribution < -0.4 is 10.6 Å². The molecule has 148 valence electrons. The Balaban J connectivity index is 1.47. The van der Waals surface area contributed by atoms with Crippen molar-refractivity contribution in [3.05, 3.63) is 70.8 Å². The molecule has 3 rings (SSSR count). The van der Waals surface area contributed by atoms with Crippen molar-refractivity contribution in [2.45, 2.75) is 32.5 Å². The number of hydrogen-bond donors (Lipinski definition) is 2. The number of likely N-dealkylation sites (tertiary alicyclic amines) is 1. The van der Waals surface area contributed by atoms with Gasteiger partial charge in [0.15, 0.2) is 0 Å². The van der Waals surface area contributed by atoms with Crippen molar-refractivity contribution >= 4 is 12.0 Å². The summed E-state index contributed by atoms with van der Waals surface area (Å²) in [5.74, 6) is -0.371. The van der Waals surface area contributed by atoms with Crippen LogP contribution in [-0.4, -0.2) is 37.1 Å². The predicted molar refractivity (Wildman–Crippen MR) is 108 cm³/mol. The van der Waals surface area contributed by atoms with E-state index in [2.05, 4.69) is 32.4 Å². The van der Waals surface area contributed by atoms with Crippen molar-refractivity contribution in [3.8, 4) is 0 Å². The molecule has 0 unspecified atom stereocenters. The Bertz CT molecular complexity index is 799. The summed E-state index contributed by atoms with van der Waals surface area (Å²) in [6, 6.07) is 15.0. The highest BCUT2D eigenvalue weighted by atomic mass is 16.5. The summed E-state index contributed by atoms with van der Waals surface area (Å²) >= 11 is 0. The first-order valence-electron chi connectivity index (χ1n) is 9.64. The molecule has 1 aliphatic heterocycles. The molecule has 2 aromatic carbocycles. The second kappa shape index (κ2) is 9.90. The van der Waals surface area contributed by atoms with E-state index in [-0.39, 0.29) is 12.0 Å². The molecule has 0 saturated carbocycles. The molecule has 1 saturated heterocycles. The van der Waals surface area contributed by atoms with Crippen LogP contribution in [0.2, 0.25) is 0 Å². The molecule has 0 bridgehead atoms. The number of amides is 2. The van der Waals surface area contributed by atoms with Crippen molar-refractivity contribution in [1.29, 1.82) is 0 Å². The van der Waals surface area contributed by atoms with Crippen molar-refractivity contribution < 1.29 is 14.3 Å². The van der Waals surface area contributed by atoms with Gasteiger partial charge in [0.2, 0.25) is 0 Å². The third kappa shape index (κ3) is 5.57. The Morgan fingerprint density at radius 1 is 0.929 bits per heavy atom. The summed E-state index contributed by atoms with van der Waals surface area (Å²) in [5, 5.41) is 5.78. The fraction of sp³-hybridized carbons (Fsp3) is 0.364. The lowest BCUT2D eigenvalue weighted by Crippen LogP contribution is -2.35. The molecular weight excluding hydrogens is 354 g/mol. The molecule has 2 amide bonds. The number of ether oxygens (including phenoxy) is 1. The third-order valence-electron chi connectivity index (χ3n) is 4.98. The zero-order valence-electron chi connectivity index (χ0n) is 16.2. The molecule has 6 nitrogen and oxygen atoms in total. The first-order chi connectivity index (χ1) is 13.7. The van der Waals surface area contributed by atoms with E-state index in [1.807, 2.05) is 12.1 Å². The Kier molecular flexibility index (Phi) is 7.03. The summed E-state index contributed by atoms with van der Waals surface area (Å²) < 4.78 is 4.68. The van der Waals surface area contributed by atoms with Gasteiger partial charge in [0.25, 0.3) is 0 Å². The molecule has 0 atom stereocenters. The van der Waals surface area contributed by atoms with Gasteiger partial charge in [0, 0.05) is 19.6 Å². The number of hydrogen-bond acceptors (Lipinski definition) is 4. The van der Waals surface area contributed by atoms with Crippen molar-refractivity contribution in [1.82, 2.24) is 15.5 Å². The highest BCUT2D eigenvalue weighted by Crippen LogP contribution is 2.16. The minimum Gasteiger partial charge on any atom is -0.465 e. The van der Waals surface area contributed by atoms with Crippen molar-refractivity contribution in [3.63, 3.8) is 0 Å². The van der Waals surface area contributed by atoms with Crippen LogP contribution in [0.1, 0.15) is 39.9 Å². The average molecular weight is 381 g/mol. The van der Waals surface area contributed by atoms with Gasteiger partial charge in [-0.3, -0.25) is 4.90 Å². The maximum Gasteiger partial charge on any atom is 0.337 e. The number of urea groups is 1.